The Labute approximate surface area is 73.3 Å². The van der Waals surface area contributed by atoms with Crippen LogP contribution in [0.4, 0.5) is 5.82 Å². The van der Waals surface area contributed by atoms with Crippen molar-refractivity contribution in [3.63, 3.8) is 0 Å². The van der Waals surface area contributed by atoms with Gasteiger partial charge in [-0.1, -0.05) is 11.6 Å². The first-order valence-corrected chi connectivity index (χ1v) is 3.52. The van der Waals surface area contributed by atoms with Crippen LogP contribution in [0.1, 0.15) is 5.69 Å². The molecule has 0 amide bonds. The van der Waals surface area contributed by atoms with Gasteiger partial charge in [0.15, 0.2) is 5.69 Å². The van der Waals surface area contributed by atoms with Gasteiger partial charge in [0.2, 0.25) is 0 Å². The molecular formula is C6H6ClN3O2. The summed E-state index contributed by atoms with van der Waals surface area (Å²) in [5.74, 6) is -0.275. The highest BCUT2D eigenvalue weighted by atomic mass is 35.5. The summed E-state index contributed by atoms with van der Waals surface area (Å²) in [7, 11) is 0. The van der Waals surface area contributed by atoms with Crippen LogP contribution in [-0.4, -0.2) is 9.91 Å². The molecule has 0 aliphatic rings. The molecule has 0 aliphatic carbocycles. The van der Waals surface area contributed by atoms with Gasteiger partial charge in [-0.25, -0.2) is 0 Å². The molecule has 12 heavy (non-hydrogen) atoms. The number of aromatic nitrogens is 1. The predicted octanol–water partition coefficient (Wildman–Crippen LogP) is 1.10. The average Bonchev–Trinajstić information content (AvgIpc) is 2.03. The van der Waals surface area contributed by atoms with E-state index in [2.05, 4.69) is 4.98 Å². The predicted molar refractivity (Wildman–Crippen MR) is 43.8 cm³/mol. The number of nitro groups is 1. The van der Waals surface area contributed by atoms with Gasteiger partial charge in [-0.3, -0.25) is 0 Å². The number of hydrogen-bond donors (Lipinski definition) is 1. The van der Waals surface area contributed by atoms with E-state index < -0.39 is 4.92 Å². The Bertz CT molecular complexity index is 316. The third-order valence-corrected chi connectivity index (χ3v) is 1.44. The molecule has 0 fully saturated rings. The molecule has 0 aromatic carbocycles. The summed E-state index contributed by atoms with van der Waals surface area (Å²) in [6.07, 6.45) is 0. The first-order valence-electron chi connectivity index (χ1n) is 3.14. The smallest absolute Gasteiger partial charge is 0.358 e. The zero-order chi connectivity index (χ0) is 9.14. The molecule has 1 rings (SSSR count). The summed E-state index contributed by atoms with van der Waals surface area (Å²) in [5.41, 5.74) is 5.66. The minimum atomic E-state index is -0.606. The van der Waals surface area contributed by atoms with Crippen molar-refractivity contribution in [3.8, 4) is 0 Å². The first-order chi connectivity index (χ1) is 5.63. The largest absolute Gasteiger partial charge is 0.365 e. The second-order valence-electron chi connectivity index (χ2n) is 2.10. The Hall–Kier alpha value is -1.20. The number of nitrogens with two attached hydrogens (primary N) is 1. The van der Waals surface area contributed by atoms with Crippen LogP contribution in [0.2, 0.25) is 5.02 Å². The second-order valence-corrected chi connectivity index (χ2v) is 2.53. The van der Waals surface area contributed by atoms with Crippen LogP contribution in [0.3, 0.4) is 0 Å². The highest BCUT2D eigenvalue weighted by Crippen LogP contribution is 2.16. The van der Waals surface area contributed by atoms with Crippen LogP contribution in [0.25, 0.3) is 0 Å². The fraction of sp³-hybridized carbons (Fsp3) is 0.167. The van der Waals surface area contributed by atoms with Gasteiger partial charge in [-0.15, -0.1) is 0 Å². The van der Waals surface area contributed by atoms with Gasteiger partial charge in [-0.2, -0.15) is 0 Å². The number of halogens is 1. The van der Waals surface area contributed by atoms with Crippen molar-refractivity contribution >= 4 is 17.4 Å². The second kappa shape index (κ2) is 3.46. The van der Waals surface area contributed by atoms with Gasteiger partial charge in [0.05, 0.1) is 17.6 Å². The lowest BCUT2D eigenvalue weighted by molar-refractivity contribution is -0.389. The van der Waals surface area contributed by atoms with Crippen LogP contribution in [0.5, 0.6) is 0 Å². The standard InChI is InChI=1S/C6H6ClN3O2/c7-4-1-5(3-8)9-6(2-4)10(11)12/h1-2H,3,8H2. The lowest BCUT2D eigenvalue weighted by Gasteiger charge is -1.94. The molecule has 64 valence electrons. The zero-order valence-electron chi connectivity index (χ0n) is 6.03. The van der Waals surface area contributed by atoms with Gasteiger partial charge >= 0.3 is 5.82 Å². The summed E-state index contributed by atoms with van der Waals surface area (Å²) in [4.78, 5) is 13.3. The van der Waals surface area contributed by atoms with Crippen molar-refractivity contribution in [1.29, 1.82) is 0 Å². The van der Waals surface area contributed by atoms with E-state index in [0.717, 1.165) is 0 Å². The molecule has 5 nitrogen and oxygen atoms in total. The minimum absolute atomic E-state index is 0.140. The molecule has 2 N–H and O–H groups in total. The first kappa shape index (κ1) is 8.89. The van der Waals surface area contributed by atoms with E-state index in [9.17, 15) is 10.1 Å². The number of hydrogen-bond acceptors (Lipinski definition) is 4. The van der Waals surface area contributed by atoms with E-state index in [1.165, 1.54) is 12.1 Å². The number of rotatable bonds is 2. The lowest BCUT2D eigenvalue weighted by Crippen LogP contribution is -2.02. The van der Waals surface area contributed by atoms with Crippen LogP contribution in [-0.2, 0) is 6.54 Å². The molecule has 1 aromatic rings. The molecular weight excluding hydrogens is 182 g/mol. The number of pyridine rings is 1. The molecule has 1 heterocycles. The van der Waals surface area contributed by atoms with E-state index in [1.54, 1.807) is 0 Å². The molecule has 1 aromatic heterocycles. The lowest BCUT2D eigenvalue weighted by atomic mass is 10.3. The minimum Gasteiger partial charge on any atom is -0.358 e. The summed E-state index contributed by atoms with van der Waals surface area (Å²) in [5, 5.41) is 10.5. The normalized spacial score (nSPS) is 9.83. The molecule has 0 radical (unpaired) electrons. The molecule has 0 spiro atoms. The van der Waals surface area contributed by atoms with Crippen LogP contribution >= 0.6 is 11.6 Å². The monoisotopic (exact) mass is 187 g/mol. The molecule has 0 saturated carbocycles. The average molecular weight is 188 g/mol. The van der Waals surface area contributed by atoms with Crippen molar-refractivity contribution in [1.82, 2.24) is 4.98 Å². The van der Waals surface area contributed by atoms with Gasteiger partial charge in [0.25, 0.3) is 0 Å². The quantitative estimate of drug-likeness (QED) is 0.555. The summed E-state index contributed by atoms with van der Waals surface area (Å²) in [6, 6.07) is 2.68. The zero-order valence-corrected chi connectivity index (χ0v) is 6.78. The van der Waals surface area contributed by atoms with E-state index in [-0.39, 0.29) is 17.4 Å². The van der Waals surface area contributed by atoms with Gasteiger partial charge in [0, 0.05) is 6.07 Å². The summed E-state index contributed by atoms with van der Waals surface area (Å²) >= 11 is 5.57. The van der Waals surface area contributed by atoms with Crippen molar-refractivity contribution in [2.75, 3.05) is 0 Å². The third-order valence-electron chi connectivity index (χ3n) is 1.23. The Kier molecular flexibility index (Phi) is 2.57. The Morgan fingerprint density at radius 2 is 2.33 bits per heavy atom. The van der Waals surface area contributed by atoms with Crippen molar-refractivity contribution in [2.45, 2.75) is 6.54 Å². The van der Waals surface area contributed by atoms with Gasteiger partial charge in [0.1, 0.15) is 0 Å². The molecule has 0 saturated heterocycles. The van der Waals surface area contributed by atoms with E-state index in [1.807, 2.05) is 0 Å². The van der Waals surface area contributed by atoms with E-state index in [0.29, 0.717) is 5.69 Å². The molecule has 0 unspecified atom stereocenters. The van der Waals surface area contributed by atoms with Crippen LogP contribution in [0.15, 0.2) is 12.1 Å². The Morgan fingerprint density at radius 3 is 2.83 bits per heavy atom. The van der Waals surface area contributed by atoms with Crippen LogP contribution < -0.4 is 5.73 Å². The molecule has 6 heteroatoms. The van der Waals surface area contributed by atoms with Gasteiger partial charge in [-0.05, 0) is 9.91 Å². The van der Waals surface area contributed by atoms with E-state index >= 15 is 0 Å². The van der Waals surface area contributed by atoms with Crippen LogP contribution in [0, 0.1) is 10.1 Å². The summed E-state index contributed by atoms with van der Waals surface area (Å²) < 4.78 is 0. The van der Waals surface area contributed by atoms with E-state index in [4.69, 9.17) is 17.3 Å². The Morgan fingerprint density at radius 1 is 1.67 bits per heavy atom. The maximum Gasteiger partial charge on any atom is 0.365 e. The maximum atomic E-state index is 10.3. The molecule has 0 bridgehead atoms. The summed E-state index contributed by atoms with van der Waals surface area (Å²) in [6.45, 7) is 0.140. The Balaban J connectivity index is 3.15. The fourth-order valence-electron chi connectivity index (χ4n) is 0.734. The highest BCUT2D eigenvalue weighted by Gasteiger charge is 2.10. The van der Waals surface area contributed by atoms with Gasteiger partial charge < -0.3 is 15.8 Å². The highest BCUT2D eigenvalue weighted by molar-refractivity contribution is 6.30. The fourth-order valence-corrected chi connectivity index (χ4v) is 0.957. The molecule has 0 atom stereocenters. The van der Waals surface area contributed by atoms with Crippen molar-refractivity contribution in [3.05, 3.63) is 33.0 Å². The van der Waals surface area contributed by atoms with Crippen molar-refractivity contribution < 1.29 is 4.92 Å². The third kappa shape index (κ3) is 1.90. The SMILES string of the molecule is NCc1cc(Cl)cc([N+](=O)[O-])n1. The van der Waals surface area contributed by atoms with Crippen molar-refractivity contribution in [2.24, 2.45) is 5.73 Å². The maximum absolute atomic E-state index is 10.3. The molecule has 0 aliphatic heterocycles. The number of nitrogens with zero attached hydrogens (tertiary/aromatic N) is 2. The topological polar surface area (TPSA) is 82.0 Å².